The van der Waals surface area contributed by atoms with Crippen molar-refractivity contribution in [1.82, 2.24) is 5.32 Å². The zero-order chi connectivity index (χ0) is 15.2. The van der Waals surface area contributed by atoms with Gasteiger partial charge >= 0.3 is 6.09 Å². The fourth-order valence-corrected chi connectivity index (χ4v) is 1.48. The highest BCUT2D eigenvalue weighted by atomic mass is 16.6. The first-order chi connectivity index (χ1) is 9.30. The Kier molecular flexibility index (Phi) is 5.39. The van der Waals surface area contributed by atoms with Gasteiger partial charge in [-0.05, 0) is 39.8 Å². The third-order valence-electron chi connectivity index (χ3n) is 2.40. The summed E-state index contributed by atoms with van der Waals surface area (Å²) in [6.45, 7) is 7.55. The number of carbonyl (C=O) groups excluding carboxylic acids is 1. The molecule has 0 aliphatic heterocycles. The highest BCUT2D eigenvalue weighted by molar-refractivity contribution is 5.67. The summed E-state index contributed by atoms with van der Waals surface area (Å²) in [5, 5.41) is 14.7. The molecule has 0 saturated heterocycles. The number of anilines is 1. The van der Waals surface area contributed by atoms with Crippen molar-refractivity contribution in [2.45, 2.75) is 39.3 Å². The van der Waals surface area contributed by atoms with Gasteiger partial charge in [0.05, 0.1) is 12.6 Å². The molecule has 0 aliphatic rings. The summed E-state index contributed by atoms with van der Waals surface area (Å²) < 4.78 is 5.11. The number of hydrogen-bond donors (Lipinski definition) is 2. The van der Waals surface area contributed by atoms with Crippen LogP contribution in [0, 0.1) is 18.3 Å². The molecule has 5 nitrogen and oxygen atoms in total. The van der Waals surface area contributed by atoms with Crippen molar-refractivity contribution in [3.05, 3.63) is 29.8 Å². The molecule has 1 unspecified atom stereocenters. The van der Waals surface area contributed by atoms with Gasteiger partial charge in [0, 0.05) is 5.69 Å². The van der Waals surface area contributed by atoms with Crippen LogP contribution < -0.4 is 10.6 Å². The Morgan fingerprint density at radius 1 is 1.35 bits per heavy atom. The molecule has 1 amide bonds. The number of rotatable bonds is 4. The van der Waals surface area contributed by atoms with Crippen molar-refractivity contribution in [2.24, 2.45) is 0 Å². The lowest BCUT2D eigenvalue weighted by Gasteiger charge is -2.20. The lowest BCUT2D eigenvalue weighted by Crippen LogP contribution is -2.39. The molecular formula is C15H21N3O2. The molecule has 1 aromatic carbocycles. The second kappa shape index (κ2) is 6.80. The molecular weight excluding hydrogens is 254 g/mol. The van der Waals surface area contributed by atoms with E-state index in [0.717, 1.165) is 11.3 Å². The van der Waals surface area contributed by atoms with Crippen LogP contribution in [0.1, 0.15) is 26.3 Å². The van der Waals surface area contributed by atoms with Gasteiger partial charge in [0.2, 0.25) is 0 Å². The van der Waals surface area contributed by atoms with Crippen molar-refractivity contribution in [2.75, 3.05) is 11.9 Å². The van der Waals surface area contributed by atoms with E-state index in [2.05, 4.69) is 16.7 Å². The van der Waals surface area contributed by atoms with E-state index in [0.29, 0.717) is 0 Å². The highest BCUT2D eigenvalue weighted by Gasteiger charge is 2.17. The largest absolute Gasteiger partial charge is 0.444 e. The topological polar surface area (TPSA) is 74.2 Å². The Morgan fingerprint density at radius 3 is 2.45 bits per heavy atom. The zero-order valence-electron chi connectivity index (χ0n) is 12.4. The standard InChI is InChI=1S/C15H21N3O2/c1-11-5-7-12(8-6-11)18-13(9-16)10-17-14(19)20-15(2,3)4/h5-8,13,18H,10H2,1-4H3,(H,17,19). The number of benzene rings is 1. The number of ether oxygens (including phenoxy) is 1. The molecule has 0 heterocycles. The number of nitriles is 1. The minimum absolute atomic E-state index is 0.180. The average molecular weight is 275 g/mol. The smallest absolute Gasteiger partial charge is 0.407 e. The first kappa shape index (κ1) is 15.8. The van der Waals surface area contributed by atoms with Gasteiger partial charge < -0.3 is 15.4 Å². The molecule has 1 aromatic rings. The molecule has 0 bridgehead atoms. The van der Waals surface area contributed by atoms with Crippen LogP contribution >= 0.6 is 0 Å². The maximum atomic E-state index is 11.5. The minimum atomic E-state index is -0.545. The molecule has 0 aliphatic carbocycles. The van der Waals surface area contributed by atoms with Crippen LogP contribution in [0.2, 0.25) is 0 Å². The summed E-state index contributed by atoms with van der Waals surface area (Å²) in [7, 11) is 0. The third-order valence-corrected chi connectivity index (χ3v) is 2.40. The van der Waals surface area contributed by atoms with Crippen molar-refractivity contribution in [1.29, 1.82) is 5.26 Å². The van der Waals surface area contributed by atoms with Gasteiger partial charge in [0.15, 0.2) is 0 Å². The second-order valence-corrected chi connectivity index (χ2v) is 5.57. The fraction of sp³-hybridized carbons (Fsp3) is 0.467. The van der Waals surface area contributed by atoms with E-state index < -0.39 is 17.7 Å². The van der Waals surface area contributed by atoms with Gasteiger partial charge in [-0.3, -0.25) is 0 Å². The Morgan fingerprint density at radius 2 is 1.95 bits per heavy atom. The predicted octanol–water partition coefficient (Wildman–Crippen LogP) is 2.82. The monoisotopic (exact) mass is 275 g/mol. The van der Waals surface area contributed by atoms with Gasteiger partial charge in [-0.15, -0.1) is 0 Å². The molecule has 0 fully saturated rings. The fourth-order valence-electron chi connectivity index (χ4n) is 1.48. The quantitative estimate of drug-likeness (QED) is 0.886. The number of carbonyl (C=O) groups is 1. The molecule has 20 heavy (non-hydrogen) atoms. The maximum Gasteiger partial charge on any atom is 0.407 e. The highest BCUT2D eigenvalue weighted by Crippen LogP contribution is 2.10. The van der Waals surface area contributed by atoms with Crippen LogP contribution in [-0.4, -0.2) is 24.3 Å². The molecule has 5 heteroatoms. The van der Waals surface area contributed by atoms with Crippen molar-refractivity contribution in [3.63, 3.8) is 0 Å². The van der Waals surface area contributed by atoms with Crippen molar-refractivity contribution >= 4 is 11.8 Å². The van der Waals surface area contributed by atoms with E-state index in [1.165, 1.54) is 0 Å². The summed E-state index contributed by atoms with van der Waals surface area (Å²) in [4.78, 5) is 11.5. The summed E-state index contributed by atoms with van der Waals surface area (Å²) in [5.74, 6) is 0. The van der Waals surface area contributed by atoms with E-state index in [4.69, 9.17) is 10.00 Å². The number of amides is 1. The molecule has 0 radical (unpaired) electrons. The Balaban J connectivity index is 2.46. The summed E-state index contributed by atoms with van der Waals surface area (Å²) in [6.07, 6.45) is -0.525. The Hall–Kier alpha value is -2.22. The van der Waals surface area contributed by atoms with E-state index in [9.17, 15) is 4.79 Å². The maximum absolute atomic E-state index is 11.5. The molecule has 1 atom stereocenters. The van der Waals surface area contributed by atoms with Gasteiger partial charge in [-0.2, -0.15) is 5.26 Å². The van der Waals surface area contributed by atoms with Gasteiger partial charge in [-0.1, -0.05) is 17.7 Å². The van der Waals surface area contributed by atoms with Crippen molar-refractivity contribution in [3.8, 4) is 6.07 Å². The second-order valence-electron chi connectivity index (χ2n) is 5.57. The van der Waals surface area contributed by atoms with Gasteiger partial charge in [0.1, 0.15) is 11.6 Å². The molecule has 0 spiro atoms. The molecule has 1 rings (SSSR count). The number of nitrogens with one attached hydrogen (secondary N) is 2. The Bertz CT molecular complexity index is 483. The number of aryl methyl sites for hydroxylation is 1. The van der Waals surface area contributed by atoms with E-state index in [1.54, 1.807) is 20.8 Å². The normalized spacial score (nSPS) is 12.2. The predicted molar refractivity (Wildman–Crippen MR) is 78.4 cm³/mol. The van der Waals surface area contributed by atoms with Gasteiger partial charge in [-0.25, -0.2) is 4.79 Å². The lowest BCUT2D eigenvalue weighted by molar-refractivity contribution is 0.0527. The van der Waals surface area contributed by atoms with Crippen LogP contribution in [0.25, 0.3) is 0 Å². The summed E-state index contributed by atoms with van der Waals surface area (Å²) in [6, 6.07) is 9.30. The number of hydrogen-bond acceptors (Lipinski definition) is 4. The van der Waals surface area contributed by atoms with E-state index in [1.807, 2.05) is 31.2 Å². The molecule has 108 valence electrons. The van der Waals surface area contributed by atoms with Crippen LogP contribution in [0.3, 0.4) is 0 Å². The first-order valence-electron chi connectivity index (χ1n) is 6.50. The average Bonchev–Trinajstić information content (AvgIpc) is 2.34. The van der Waals surface area contributed by atoms with Crippen LogP contribution in [0.5, 0.6) is 0 Å². The van der Waals surface area contributed by atoms with E-state index in [-0.39, 0.29) is 6.54 Å². The van der Waals surface area contributed by atoms with E-state index >= 15 is 0 Å². The zero-order valence-corrected chi connectivity index (χ0v) is 12.4. The van der Waals surface area contributed by atoms with Crippen molar-refractivity contribution < 1.29 is 9.53 Å². The molecule has 0 aromatic heterocycles. The third kappa shape index (κ3) is 6.10. The minimum Gasteiger partial charge on any atom is -0.444 e. The summed E-state index contributed by atoms with van der Waals surface area (Å²) >= 11 is 0. The van der Waals surface area contributed by atoms with Crippen LogP contribution in [0.4, 0.5) is 10.5 Å². The summed E-state index contributed by atoms with van der Waals surface area (Å²) in [5.41, 5.74) is 1.44. The molecule has 2 N–H and O–H groups in total. The lowest BCUT2D eigenvalue weighted by atomic mass is 10.2. The van der Waals surface area contributed by atoms with Gasteiger partial charge in [0.25, 0.3) is 0 Å². The first-order valence-corrected chi connectivity index (χ1v) is 6.50. The number of nitrogens with zero attached hydrogens (tertiary/aromatic N) is 1. The molecule has 0 saturated carbocycles. The van der Waals surface area contributed by atoms with Crippen LogP contribution in [0.15, 0.2) is 24.3 Å². The SMILES string of the molecule is Cc1ccc(NC(C#N)CNC(=O)OC(C)(C)C)cc1. The Labute approximate surface area is 119 Å². The number of alkyl carbamates (subject to hydrolysis) is 1. The van der Waals surface area contributed by atoms with Crippen LogP contribution in [-0.2, 0) is 4.74 Å².